The molecule has 0 spiro atoms. The van der Waals surface area contributed by atoms with E-state index >= 15 is 0 Å². The van der Waals surface area contributed by atoms with Gasteiger partial charge in [0, 0.05) is 19.8 Å². The molecule has 1 aromatic carbocycles. The quantitative estimate of drug-likeness (QED) is 0.781. The van der Waals surface area contributed by atoms with Crippen molar-refractivity contribution in [1.82, 2.24) is 4.90 Å². The van der Waals surface area contributed by atoms with E-state index in [1.54, 1.807) is 18.7 Å². The summed E-state index contributed by atoms with van der Waals surface area (Å²) in [5.74, 6) is 0.820. The molecule has 0 saturated heterocycles. The van der Waals surface area contributed by atoms with Gasteiger partial charge in [0.15, 0.2) is 0 Å². The number of rotatable bonds is 4. The smallest absolute Gasteiger partial charge is 0.138 e. The number of carbonyl (C=O) groups excluding carboxylic acids is 1. The Morgan fingerprint density at radius 3 is 2.41 bits per heavy atom. The van der Waals surface area contributed by atoms with Crippen LogP contribution in [0.25, 0.3) is 0 Å². The second-order valence-corrected chi connectivity index (χ2v) is 5.70. The van der Waals surface area contributed by atoms with Gasteiger partial charge in [-0.05, 0) is 12.5 Å². The van der Waals surface area contributed by atoms with Crippen molar-refractivity contribution < 1.29 is 4.79 Å². The van der Waals surface area contributed by atoms with Crippen molar-refractivity contribution in [1.29, 1.82) is 0 Å². The number of ketones is 1. The highest BCUT2D eigenvalue weighted by Crippen LogP contribution is 2.23. The Labute approximate surface area is 112 Å². The number of carbonyl (C=O) groups is 1. The van der Waals surface area contributed by atoms with Gasteiger partial charge in [0.05, 0.1) is 5.92 Å². The van der Waals surface area contributed by atoms with E-state index < -0.39 is 0 Å². The van der Waals surface area contributed by atoms with E-state index in [1.807, 2.05) is 49.3 Å². The van der Waals surface area contributed by atoms with E-state index in [4.69, 9.17) is 12.2 Å². The van der Waals surface area contributed by atoms with Crippen LogP contribution < -0.4 is 0 Å². The molecule has 1 rings (SSSR count). The Hall–Kier alpha value is -0.870. The number of thiocarbonyl (C=S) groups is 1. The third-order valence-electron chi connectivity index (χ3n) is 2.43. The van der Waals surface area contributed by atoms with Crippen molar-refractivity contribution in [2.24, 2.45) is 0 Å². The van der Waals surface area contributed by atoms with E-state index in [1.165, 1.54) is 0 Å². The normalized spacial score (nSPS) is 11.9. The molecule has 1 atom stereocenters. The van der Waals surface area contributed by atoms with Crippen LogP contribution in [0.4, 0.5) is 0 Å². The Morgan fingerprint density at radius 2 is 1.94 bits per heavy atom. The molecule has 0 amide bonds. The Balaban J connectivity index is 2.69. The lowest BCUT2D eigenvalue weighted by molar-refractivity contribution is -0.117. The first kappa shape index (κ1) is 14.2. The zero-order valence-electron chi connectivity index (χ0n) is 10.3. The maximum absolute atomic E-state index is 11.7. The zero-order chi connectivity index (χ0) is 12.8. The van der Waals surface area contributed by atoms with E-state index in [0.29, 0.717) is 5.75 Å². The van der Waals surface area contributed by atoms with Crippen LogP contribution in [0.5, 0.6) is 0 Å². The van der Waals surface area contributed by atoms with Crippen LogP contribution in [0.2, 0.25) is 0 Å². The van der Waals surface area contributed by atoms with Gasteiger partial charge >= 0.3 is 0 Å². The summed E-state index contributed by atoms with van der Waals surface area (Å²) in [5.41, 5.74) is 1.06. The molecule has 0 heterocycles. The van der Waals surface area contributed by atoms with Gasteiger partial charge in [-0.2, -0.15) is 0 Å². The predicted molar refractivity (Wildman–Crippen MR) is 78.6 cm³/mol. The molecule has 0 fully saturated rings. The van der Waals surface area contributed by atoms with Gasteiger partial charge in [0.2, 0.25) is 0 Å². The number of Topliss-reactive ketones (excluding diaryl/α,β-unsaturated/α-hetero) is 1. The van der Waals surface area contributed by atoms with E-state index in [-0.39, 0.29) is 11.7 Å². The standard InChI is InChI=1S/C13H17NOS2/c1-10(15)12(9-17-13(16)14(2)3)11-7-5-4-6-8-11/h4-8,12H,9H2,1-3H3. The number of benzene rings is 1. The summed E-state index contributed by atoms with van der Waals surface area (Å²) in [7, 11) is 3.83. The molecular formula is C13H17NOS2. The largest absolute Gasteiger partial charge is 0.364 e. The summed E-state index contributed by atoms with van der Waals surface area (Å²) in [4.78, 5) is 13.5. The molecule has 2 nitrogen and oxygen atoms in total. The van der Waals surface area contributed by atoms with Crippen LogP contribution in [0, 0.1) is 0 Å². The fraction of sp³-hybridized carbons (Fsp3) is 0.385. The summed E-state index contributed by atoms with van der Waals surface area (Å²) in [5, 5.41) is 0. The van der Waals surface area contributed by atoms with Crippen molar-refractivity contribution in [2.45, 2.75) is 12.8 Å². The average Bonchev–Trinajstić information content (AvgIpc) is 2.29. The lowest BCUT2D eigenvalue weighted by Crippen LogP contribution is -2.19. The van der Waals surface area contributed by atoms with Gasteiger partial charge in [0.1, 0.15) is 10.1 Å². The second-order valence-electron chi connectivity index (χ2n) is 4.05. The molecular weight excluding hydrogens is 250 g/mol. The number of hydrogen-bond acceptors (Lipinski definition) is 3. The first-order valence-corrected chi connectivity index (χ1v) is 6.81. The van der Waals surface area contributed by atoms with Gasteiger partial charge in [-0.15, -0.1) is 0 Å². The average molecular weight is 267 g/mol. The van der Waals surface area contributed by atoms with Gasteiger partial charge < -0.3 is 4.90 Å². The van der Waals surface area contributed by atoms with E-state index in [0.717, 1.165) is 9.88 Å². The summed E-state index contributed by atoms with van der Waals surface area (Å²) >= 11 is 6.76. The summed E-state index contributed by atoms with van der Waals surface area (Å²) in [6.07, 6.45) is 0. The van der Waals surface area contributed by atoms with Crippen molar-refractivity contribution >= 4 is 34.1 Å². The molecule has 1 aromatic rings. The highest BCUT2D eigenvalue weighted by atomic mass is 32.2. The van der Waals surface area contributed by atoms with Crippen LogP contribution in [0.15, 0.2) is 30.3 Å². The molecule has 0 bridgehead atoms. The lowest BCUT2D eigenvalue weighted by atomic mass is 9.98. The summed E-state index contributed by atoms with van der Waals surface area (Å²) in [6, 6.07) is 9.86. The zero-order valence-corrected chi connectivity index (χ0v) is 12.0. The maximum Gasteiger partial charge on any atom is 0.138 e. The van der Waals surface area contributed by atoms with Crippen LogP contribution >= 0.6 is 24.0 Å². The van der Waals surface area contributed by atoms with Gasteiger partial charge in [-0.1, -0.05) is 54.3 Å². The third kappa shape index (κ3) is 4.48. The van der Waals surface area contributed by atoms with E-state index in [9.17, 15) is 4.79 Å². The lowest BCUT2D eigenvalue weighted by Gasteiger charge is -2.17. The Bertz CT molecular complexity index is 390. The second kappa shape index (κ2) is 6.77. The molecule has 1 unspecified atom stereocenters. The number of hydrogen-bond donors (Lipinski definition) is 0. The van der Waals surface area contributed by atoms with Crippen LogP contribution in [-0.2, 0) is 4.79 Å². The molecule has 0 saturated carbocycles. The molecule has 4 heteroatoms. The van der Waals surface area contributed by atoms with Crippen molar-refractivity contribution in [2.75, 3.05) is 19.8 Å². The molecule has 0 radical (unpaired) electrons. The minimum Gasteiger partial charge on any atom is -0.364 e. The molecule has 0 aromatic heterocycles. The predicted octanol–water partition coefficient (Wildman–Crippen LogP) is 2.94. The minimum atomic E-state index is -0.0703. The van der Waals surface area contributed by atoms with E-state index in [2.05, 4.69) is 0 Å². The topological polar surface area (TPSA) is 20.3 Å². The summed E-state index contributed by atoms with van der Waals surface area (Å²) < 4.78 is 0.812. The molecule has 92 valence electrons. The fourth-order valence-corrected chi connectivity index (χ4v) is 2.62. The monoisotopic (exact) mass is 267 g/mol. The van der Waals surface area contributed by atoms with Crippen LogP contribution in [0.1, 0.15) is 18.4 Å². The fourth-order valence-electron chi connectivity index (χ4n) is 1.42. The summed E-state index contributed by atoms with van der Waals surface area (Å²) in [6.45, 7) is 1.64. The van der Waals surface area contributed by atoms with Gasteiger partial charge in [-0.25, -0.2) is 0 Å². The van der Waals surface area contributed by atoms with Crippen LogP contribution in [0.3, 0.4) is 0 Å². The maximum atomic E-state index is 11.7. The number of thioether (sulfide) groups is 1. The van der Waals surface area contributed by atoms with Crippen molar-refractivity contribution in [3.63, 3.8) is 0 Å². The highest BCUT2D eigenvalue weighted by Gasteiger charge is 2.17. The Morgan fingerprint density at radius 1 is 1.35 bits per heavy atom. The highest BCUT2D eigenvalue weighted by molar-refractivity contribution is 8.22. The van der Waals surface area contributed by atoms with Crippen LogP contribution in [-0.4, -0.2) is 34.9 Å². The first-order chi connectivity index (χ1) is 8.02. The molecule has 0 aliphatic carbocycles. The molecule has 0 N–H and O–H groups in total. The SMILES string of the molecule is CC(=O)C(CSC(=S)N(C)C)c1ccccc1. The molecule has 0 aliphatic heterocycles. The van der Waals surface area contributed by atoms with Crippen molar-refractivity contribution in [3.05, 3.63) is 35.9 Å². The minimum absolute atomic E-state index is 0.0703. The molecule has 17 heavy (non-hydrogen) atoms. The number of nitrogens with zero attached hydrogens (tertiary/aromatic N) is 1. The third-order valence-corrected chi connectivity index (χ3v) is 4.26. The first-order valence-electron chi connectivity index (χ1n) is 5.42. The van der Waals surface area contributed by atoms with Crippen molar-refractivity contribution in [3.8, 4) is 0 Å². The van der Waals surface area contributed by atoms with Gasteiger partial charge in [-0.3, -0.25) is 4.79 Å². The molecule has 0 aliphatic rings. The Kier molecular flexibility index (Phi) is 5.65. The van der Waals surface area contributed by atoms with Gasteiger partial charge in [0.25, 0.3) is 0 Å².